The Balaban J connectivity index is 1.85. The second kappa shape index (κ2) is 5.94. The van der Waals surface area contributed by atoms with Gasteiger partial charge >= 0.3 is 0 Å². The van der Waals surface area contributed by atoms with Crippen LogP contribution < -0.4 is 0 Å². The van der Waals surface area contributed by atoms with Crippen molar-refractivity contribution in [2.24, 2.45) is 7.05 Å². The molecule has 0 atom stereocenters. The molecule has 0 N–H and O–H groups in total. The molecule has 2 aromatic heterocycles. The van der Waals surface area contributed by atoms with Crippen LogP contribution in [0.2, 0.25) is 5.02 Å². The Bertz CT molecular complexity index is 865. The second-order valence-electron chi connectivity index (χ2n) is 4.66. The molecule has 0 bridgehead atoms. The van der Waals surface area contributed by atoms with Gasteiger partial charge in [0.25, 0.3) is 5.69 Å². The quantitative estimate of drug-likeness (QED) is 0.412. The van der Waals surface area contributed by atoms with Crippen LogP contribution in [0, 0.1) is 10.1 Å². The number of thioether (sulfide) groups is 1. The fraction of sp³-hybridized carbons (Fsp3) is 0.143. The van der Waals surface area contributed by atoms with E-state index < -0.39 is 4.92 Å². The van der Waals surface area contributed by atoms with Crippen molar-refractivity contribution < 1.29 is 4.92 Å². The van der Waals surface area contributed by atoms with E-state index in [1.54, 1.807) is 18.6 Å². The molecule has 1 aromatic carbocycles. The third kappa shape index (κ3) is 2.77. The maximum Gasteiger partial charge on any atom is 0.270 e. The summed E-state index contributed by atoms with van der Waals surface area (Å²) in [5.74, 6) is 0.578. The molecule has 0 aliphatic heterocycles. The first-order chi connectivity index (χ1) is 10.6. The monoisotopic (exact) mass is 334 g/mol. The van der Waals surface area contributed by atoms with E-state index in [1.165, 1.54) is 23.9 Å². The van der Waals surface area contributed by atoms with Crippen molar-refractivity contribution in [3.63, 3.8) is 0 Å². The Kier molecular flexibility index (Phi) is 4.00. The molecule has 8 heteroatoms. The Morgan fingerprint density at radius 2 is 2.18 bits per heavy atom. The largest absolute Gasteiger partial charge is 0.332 e. The van der Waals surface area contributed by atoms with E-state index in [4.69, 9.17) is 11.6 Å². The fourth-order valence-corrected chi connectivity index (χ4v) is 3.47. The van der Waals surface area contributed by atoms with E-state index in [0.29, 0.717) is 10.8 Å². The average Bonchev–Trinajstić information content (AvgIpc) is 2.88. The van der Waals surface area contributed by atoms with Crippen LogP contribution >= 0.6 is 23.4 Å². The van der Waals surface area contributed by atoms with Crippen LogP contribution in [0.1, 0.15) is 5.56 Å². The molecule has 22 heavy (non-hydrogen) atoms. The predicted molar refractivity (Wildman–Crippen MR) is 86.2 cm³/mol. The lowest BCUT2D eigenvalue weighted by molar-refractivity contribution is -0.384. The summed E-state index contributed by atoms with van der Waals surface area (Å²) in [7, 11) is 1.92. The molecule has 0 spiro atoms. The van der Waals surface area contributed by atoms with E-state index in [9.17, 15) is 10.1 Å². The molecule has 6 nitrogen and oxygen atoms in total. The lowest BCUT2D eigenvalue weighted by Crippen LogP contribution is -1.92. The molecule has 0 radical (unpaired) electrons. The van der Waals surface area contributed by atoms with Gasteiger partial charge in [-0.05, 0) is 17.7 Å². The summed E-state index contributed by atoms with van der Waals surface area (Å²) in [5, 5.41) is 12.0. The SMILES string of the molecule is Cn1cnc2ccnc(SCc3ccc([N+](=O)[O-])cc3Cl)c21. The van der Waals surface area contributed by atoms with Gasteiger partial charge in [0.1, 0.15) is 10.5 Å². The molecular weight excluding hydrogens is 324 g/mol. The first kappa shape index (κ1) is 14.8. The highest BCUT2D eigenvalue weighted by molar-refractivity contribution is 7.98. The van der Waals surface area contributed by atoms with Crippen molar-refractivity contribution in [3.8, 4) is 0 Å². The van der Waals surface area contributed by atoms with Gasteiger partial charge in [-0.15, -0.1) is 0 Å². The molecule has 112 valence electrons. The summed E-state index contributed by atoms with van der Waals surface area (Å²) in [6.07, 6.45) is 3.46. The molecule has 0 unspecified atom stereocenters. The number of hydrogen-bond acceptors (Lipinski definition) is 5. The number of non-ortho nitro benzene ring substituents is 1. The van der Waals surface area contributed by atoms with E-state index in [1.807, 2.05) is 17.7 Å². The maximum absolute atomic E-state index is 10.7. The highest BCUT2D eigenvalue weighted by Crippen LogP contribution is 2.31. The van der Waals surface area contributed by atoms with Crippen LogP contribution in [0.15, 0.2) is 41.8 Å². The Labute approximate surface area is 135 Å². The highest BCUT2D eigenvalue weighted by atomic mass is 35.5. The molecule has 3 aromatic rings. The topological polar surface area (TPSA) is 73.8 Å². The van der Waals surface area contributed by atoms with Crippen molar-refractivity contribution in [1.29, 1.82) is 0 Å². The van der Waals surface area contributed by atoms with E-state index in [2.05, 4.69) is 9.97 Å². The van der Waals surface area contributed by atoms with Crippen molar-refractivity contribution in [2.75, 3.05) is 0 Å². The second-order valence-corrected chi connectivity index (χ2v) is 6.03. The molecule has 0 aliphatic rings. The van der Waals surface area contributed by atoms with Crippen molar-refractivity contribution in [1.82, 2.24) is 14.5 Å². The molecule has 3 rings (SSSR count). The minimum atomic E-state index is -0.458. The number of pyridine rings is 1. The molecule has 2 heterocycles. The summed E-state index contributed by atoms with van der Waals surface area (Å²) < 4.78 is 1.92. The predicted octanol–water partition coefficient (Wildman–Crippen LogP) is 3.82. The van der Waals surface area contributed by atoms with Crippen LogP contribution in [0.25, 0.3) is 11.0 Å². The average molecular weight is 335 g/mol. The van der Waals surface area contributed by atoms with Gasteiger partial charge in [-0.3, -0.25) is 10.1 Å². The summed E-state index contributed by atoms with van der Waals surface area (Å²) in [6, 6.07) is 6.37. The third-order valence-corrected chi connectivity index (χ3v) is 4.58. The van der Waals surface area contributed by atoms with E-state index in [-0.39, 0.29) is 5.69 Å². The molecule has 0 fully saturated rings. The number of imidazole rings is 1. The number of aromatic nitrogens is 3. The summed E-state index contributed by atoms with van der Waals surface area (Å²) >= 11 is 7.64. The first-order valence-electron chi connectivity index (χ1n) is 6.38. The maximum atomic E-state index is 10.7. The third-order valence-electron chi connectivity index (χ3n) is 3.20. The summed E-state index contributed by atoms with van der Waals surface area (Å²) in [4.78, 5) is 18.9. The van der Waals surface area contributed by atoms with Gasteiger partial charge < -0.3 is 4.57 Å². The Hall–Kier alpha value is -2.12. The number of hydrogen-bond donors (Lipinski definition) is 0. The highest BCUT2D eigenvalue weighted by Gasteiger charge is 2.12. The van der Waals surface area contributed by atoms with Gasteiger partial charge in [0.05, 0.1) is 21.8 Å². The number of benzene rings is 1. The number of halogens is 1. The molecule has 0 amide bonds. The van der Waals surface area contributed by atoms with Crippen molar-refractivity contribution >= 4 is 40.1 Å². The van der Waals surface area contributed by atoms with Crippen LogP contribution in [-0.2, 0) is 12.8 Å². The van der Waals surface area contributed by atoms with E-state index >= 15 is 0 Å². The van der Waals surface area contributed by atoms with Gasteiger partial charge in [0.15, 0.2) is 0 Å². The zero-order chi connectivity index (χ0) is 15.7. The summed E-state index contributed by atoms with van der Waals surface area (Å²) in [5.41, 5.74) is 2.67. The standard InChI is InChI=1S/C14H11ClN4O2S/c1-18-8-17-12-4-5-16-14(13(12)18)22-7-9-2-3-10(19(20)21)6-11(9)15/h2-6,8H,7H2,1H3. The Morgan fingerprint density at radius 3 is 2.91 bits per heavy atom. The normalized spacial score (nSPS) is 11.0. The zero-order valence-corrected chi connectivity index (χ0v) is 13.1. The van der Waals surface area contributed by atoms with Gasteiger partial charge in [0, 0.05) is 31.1 Å². The summed E-state index contributed by atoms with van der Waals surface area (Å²) in [6.45, 7) is 0. The minimum absolute atomic E-state index is 0.00869. The van der Waals surface area contributed by atoms with E-state index in [0.717, 1.165) is 21.6 Å². The fourth-order valence-electron chi connectivity index (χ4n) is 2.09. The molecule has 0 aliphatic carbocycles. The lowest BCUT2D eigenvalue weighted by atomic mass is 10.2. The Morgan fingerprint density at radius 1 is 1.36 bits per heavy atom. The van der Waals surface area contributed by atoms with Crippen LogP contribution in [0.5, 0.6) is 0 Å². The number of fused-ring (bicyclic) bond motifs is 1. The first-order valence-corrected chi connectivity index (χ1v) is 7.74. The number of nitro benzene ring substituents is 1. The van der Waals surface area contributed by atoms with Gasteiger partial charge in [-0.2, -0.15) is 0 Å². The minimum Gasteiger partial charge on any atom is -0.332 e. The van der Waals surface area contributed by atoms with Crippen molar-refractivity contribution in [2.45, 2.75) is 10.8 Å². The molecule has 0 saturated carbocycles. The molecule has 0 saturated heterocycles. The van der Waals surface area contributed by atoms with Crippen molar-refractivity contribution in [3.05, 3.63) is 57.5 Å². The van der Waals surface area contributed by atoms with Crippen LogP contribution in [0.3, 0.4) is 0 Å². The molecular formula is C14H11ClN4O2S. The van der Waals surface area contributed by atoms with Gasteiger partial charge in [-0.1, -0.05) is 23.4 Å². The number of nitro groups is 1. The number of nitrogens with zero attached hydrogens (tertiary/aromatic N) is 4. The van der Waals surface area contributed by atoms with Gasteiger partial charge in [-0.25, -0.2) is 9.97 Å². The van der Waals surface area contributed by atoms with Crippen LogP contribution in [0.4, 0.5) is 5.69 Å². The smallest absolute Gasteiger partial charge is 0.270 e. The van der Waals surface area contributed by atoms with Gasteiger partial charge in [0.2, 0.25) is 0 Å². The number of rotatable bonds is 4. The zero-order valence-electron chi connectivity index (χ0n) is 11.6. The number of aryl methyl sites for hydroxylation is 1. The lowest BCUT2D eigenvalue weighted by Gasteiger charge is -2.06. The van der Waals surface area contributed by atoms with Crippen LogP contribution in [-0.4, -0.2) is 19.5 Å².